The van der Waals surface area contributed by atoms with Crippen molar-refractivity contribution in [2.75, 3.05) is 0 Å². The van der Waals surface area contributed by atoms with Gasteiger partial charge in [0.25, 0.3) is 0 Å². The van der Waals surface area contributed by atoms with Gasteiger partial charge in [-0.25, -0.2) is 4.98 Å². The van der Waals surface area contributed by atoms with Crippen LogP contribution in [-0.2, 0) is 17.9 Å². The zero-order chi connectivity index (χ0) is 25.2. The Hall–Kier alpha value is -3.63. The summed E-state index contributed by atoms with van der Waals surface area (Å²) in [7, 11) is 0. The minimum absolute atomic E-state index is 0.119. The molecule has 0 aliphatic rings. The summed E-state index contributed by atoms with van der Waals surface area (Å²) in [5.41, 5.74) is 3.69. The summed E-state index contributed by atoms with van der Waals surface area (Å²) < 4.78 is 14.1. The first-order chi connectivity index (χ1) is 17.1. The third-order valence-corrected chi connectivity index (χ3v) is 6.23. The van der Waals surface area contributed by atoms with Crippen LogP contribution < -0.4 is 9.47 Å². The Balaban J connectivity index is 0.00000167. The summed E-state index contributed by atoms with van der Waals surface area (Å²) in [5.74, 6) is 1.61. The maximum absolute atomic E-state index is 10.1. The van der Waals surface area contributed by atoms with Gasteiger partial charge in [0.15, 0.2) is 0 Å². The predicted molar refractivity (Wildman–Crippen MR) is 141 cm³/mol. The Kier molecular flexibility index (Phi) is 9.45. The number of aryl methyl sites for hydroxylation is 1. The third-order valence-electron chi connectivity index (χ3n) is 5.48. The van der Waals surface area contributed by atoms with E-state index >= 15 is 0 Å². The Morgan fingerprint density at radius 1 is 1.11 bits per heavy atom. The van der Waals surface area contributed by atoms with Crippen molar-refractivity contribution in [3.63, 3.8) is 0 Å². The highest BCUT2D eigenvalue weighted by Gasteiger charge is 2.19. The number of nitrogens with zero attached hydrogens (tertiary/aromatic N) is 3. The number of benzene rings is 2. The maximum Gasteiger partial charge on any atom is 0.140 e. The molecule has 182 valence electrons. The number of thiazole rings is 1. The first-order valence-corrected chi connectivity index (χ1v) is 12.6. The van der Waals surface area contributed by atoms with E-state index in [0.717, 1.165) is 64.5 Å². The van der Waals surface area contributed by atoms with E-state index in [1.807, 2.05) is 62.4 Å². The molecule has 0 saturated heterocycles. The minimum atomic E-state index is 0.119. The molecule has 0 atom stereocenters. The Morgan fingerprint density at radius 2 is 1.86 bits per heavy atom. The van der Waals surface area contributed by atoms with Gasteiger partial charge in [0, 0.05) is 29.6 Å². The molecule has 35 heavy (non-hydrogen) atoms. The van der Waals surface area contributed by atoms with Gasteiger partial charge in [-0.05, 0) is 62.2 Å². The fraction of sp³-hybridized carbons (Fsp3) is 0.321. The van der Waals surface area contributed by atoms with E-state index in [-0.39, 0.29) is 6.10 Å². The summed E-state index contributed by atoms with van der Waals surface area (Å²) in [6.07, 6.45) is 5.24. The van der Waals surface area contributed by atoms with Crippen molar-refractivity contribution < 1.29 is 14.3 Å². The van der Waals surface area contributed by atoms with Crippen LogP contribution in [0.5, 0.6) is 11.5 Å². The number of unbranched alkanes of at least 4 members (excludes halogenated alkanes) is 2. The van der Waals surface area contributed by atoms with Gasteiger partial charge in [-0.15, -0.1) is 11.3 Å². The average molecular weight is 490 g/mol. The topological polar surface area (TPSA) is 77.1 Å². The molecule has 0 aliphatic carbocycles. The lowest BCUT2D eigenvalue weighted by atomic mass is 10.1. The fourth-order valence-electron chi connectivity index (χ4n) is 4.02. The smallest absolute Gasteiger partial charge is 0.140 e. The molecule has 7 heteroatoms. The number of nitriles is 1. The van der Waals surface area contributed by atoms with Crippen molar-refractivity contribution >= 4 is 29.0 Å². The van der Waals surface area contributed by atoms with E-state index in [0.29, 0.717) is 12.2 Å². The molecule has 2 aromatic heterocycles. The van der Waals surface area contributed by atoms with Crippen LogP contribution in [0.4, 0.5) is 0 Å². The molecule has 2 heterocycles. The largest absolute Gasteiger partial charge is 0.491 e. The van der Waals surface area contributed by atoms with Crippen LogP contribution >= 0.6 is 11.3 Å². The molecule has 0 radical (unpaired) electrons. The predicted octanol–water partition coefficient (Wildman–Crippen LogP) is 7.01. The maximum atomic E-state index is 10.1. The molecule has 2 aromatic carbocycles. The Labute approximate surface area is 210 Å². The van der Waals surface area contributed by atoms with E-state index in [1.54, 1.807) is 17.5 Å². The number of carbonyl (C=O) groups is 1. The van der Waals surface area contributed by atoms with Crippen LogP contribution in [0.3, 0.4) is 0 Å². The van der Waals surface area contributed by atoms with Crippen LogP contribution in [0.2, 0.25) is 0 Å². The number of rotatable bonds is 10. The van der Waals surface area contributed by atoms with Gasteiger partial charge in [0.2, 0.25) is 0 Å². The number of carbonyl (C=O) groups excluding carboxylic acids is 1. The van der Waals surface area contributed by atoms with Crippen molar-refractivity contribution in [3.05, 3.63) is 64.6 Å². The summed E-state index contributed by atoms with van der Waals surface area (Å²) in [5, 5.41) is 13.9. The van der Waals surface area contributed by atoms with E-state index in [9.17, 15) is 5.26 Å². The van der Waals surface area contributed by atoms with Crippen molar-refractivity contribution in [1.29, 1.82) is 5.26 Å². The molecule has 0 aliphatic heterocycles. The molecule has 4 rings (SSSR count). The number of ether oxygens (including phenoxy) is 2. The highest BCUT2D eigenvalue weighted by Crippen LogP contribution is 2.36. The number of aromatic nitrogens is 2. The summed E-state index contributed by atoms with van der Waals surface area (Å²) in [6, 6.07) is 16.5. The summed E-state index contributed by atoms with van der Waals surface area (Å²) in [4.78, 5) is 12.3. The van der Waals surface area contributed by atoms with Crippen molar-refractivity contribution in [2.24, 2.45) is 0 Å². The van der Waals surface area contributed by atoms with Gasteiger partial charge >= 0.3 is 0 Å². The van der Waals surface area contributed by atoms with E-state index in [2.05, 4.69) is 28.6 Å². The molecule has 4 aromatic rings. The average Bonchev–Trinajstić information content (AvgIpc) is 3.50. The second kappa shape index (κ2) is 12.7. The molecule has 0 amide bonds. The second-order valence-corrected chi connectivity index (χ2v) is 9.26. The van der Waals surface area contributed by atoms with E-state index in [4.69, 9.17) is 14.3 Å². The fourth-order valence-corrected chi connectivity index (χ4v) is 4.54. The lowest BCUT2D eigenvalue weighted by molar-refractivity contribution is -0.0980. The van der Waals surface area contributed by atoms with Crippen LogP contribution in [0.25, 0.3) is 22.2 Å². The molecule has 6 nitrogen and oxygen atoms in total. The van der Waals surface area contributed by atoms with Crippen molar-refractivity contribution in [2.45, 2.75) is 59.3 Å². The second-order valence-electron chi connectivity index (χ2n) is 8.28. The SMILES string of the molecule is C=O.CCCCCn1c(-c2ccc(OC(C)C)cc2)c(C#N)c2ccc(OCc3nccs3)cc21. The van der Waals surface area contributed by atoms with Crippen LogP contribution in [0, 0.1) is 11.3 Å². The zero-order valence-corrected chi connectivity index (χ0v) is 21.3. The lowest BCUT2D eigenvalue weighted by Gasteiger charge is -2.13. The molecule has 0 N–H and O–H groups in total. The quantitative estimate of drug-likeness (QED) is 0.224. The van der Waals surface area contributed by atoms with Crippen LogP contribution in [0.15, 0.2) is 54.0 Å². The lowest BCUT2D eigenvalue weighted by Crippen LogP contribution is -2.05. The number of hydrogen-bond acceptors (Lipinski definition) is 6. The molecule has 0 unspecified atom stereocenters. The molecular weight excluding hydrogens is 458 g/mol. The number of hydrogen-bond donors (Lipinski definition) is 0. The van der Waals surface area contributed by atoms with Crippen molar-refractivity contribution in [3.8, 4) is 28.8 Å². The highest BCUT2D eigenvalue weighted by molar-refractivity contribution is 7.09. The van der Waals surface area contributed by atoms with Gasteiger partial charge in [-0.2, -0.15) is 5.26 Å². The molecule has 0 fully saturated rings. The molecule has 0 spiro atoms. The van der Waals surface area contributed by atoms with Crippen molar-refractivity contribution in [1.82, 2.24) is 9.55 Å². The first-order valence-electron chi connectivity index (χ1n) is 11.7. The summed E-state index contributed by atoms with van der Waals surface area (Å²) in [6.45, 7) is 9.52. The van der Waals surface area contributed by atoms with E-state index in [1.165, 1.54) is 0 Å². The summed E-state index contributed by atoms with van der Waals surface area (Å²) >= 11 is 1.58. The normalized spacial score (nSPS) is 10.6. The van der Waals surface area contributed by atoms with Crippen LogP contribution in [-0.4, -0.2) is 22.4 Å². The minimum Gasteiger partial charge on any atom is -0.491 e. The molecule has 0 saturated carbocycles. The van der Waals surface area contributed by atoms with Gasteiger partial charge < -0.3 is 18.8 Å². The van der Waals surface area contributed by atoms with Gasteiger partial charge in [0.05, 0.1) is 22.9 Å². The monoisotopic (exact) mass is 489 g/mol. The van der Waals surface area contributed by atoms with Gasteiger partial charge in [-0.1, -0.05) is 19.8 Å². The standard InChI is InChI=1S/C27H29N3O2S.CH2O/c1-4-5-6-14-30-25-16-22(31-18-26-29-13-15-33-26)11-12-23(25)24(17-28)27(30)20-7-9-21(10-8-20)32-19(2)3;1-2/h7-13,15-16,19H,4-6,14,18H2,1-3H3;1H2. The van der Waals surface area contributed by atoms with Crippen LogP contribution in [0.1, 0.15) is 50.6 Å². The highest BCUT2D eigenvalue weighted by atomic mass is 32.1. The zero-order valence-electron chi connectivity index (χ0n) is 20.5. The third kappa shape index (κ3) is 6.28. The van der Waals surface area contributed by atoms with Gasteiger partial charge in [0.1, 0.15) is 36.0 Å². The Bertz CT molecular complexity index is 1260. The molecule has 0 bridgehead atoms. The Morgan fingerprint density at radius 3 is 2.49 bits per heavy atom. The van der Waals surface area contributed by atoms with E-state index < -0.39 is 0 Å². The number of fused-ring (bicyclic) bond motifs is 1. The molecular formula is C28H31N3O3S. The first kappa shape index (κ1) is 26.0. The van der Waals surface area contributed by atoms with Gasteiger partial charge in [-0.3, -0.25) is 0 Å².